The lowest BCUT2D eigenvalue weighted by molar-refractivity contribution is -0.0287. The molecule has 0 aliphatic carbocycles. The van der Waals surface area contributed by atoms with Crippen molar-refractivity contribution in [3.63, 3.8) is 0 Å². The number of imidazole rings is 1. The number of aromatic nitrogens is 4. The molecular weight excluding hydrogens is 383 g/mol. The molecule has 0 spiro atoms. The van der Waals surface area contributed by atoms with E-state index in [4.69, 9.17) is 15.5 Å². The van der Waals surface area contributed by atoms with Crippen molar-refractivity contribution in [1.82, 2.24) is 19.5 Å². The Labute approximate surface area is 172 Å². The van der Waals surface area contributed by atoms with Crippen LogP contribution in [0.4, 0.5) is 21.6 Å². The number of nitrogen functional groups attached to an aromatic ring is 1. The van der Waals surface area contributed by atoms with Crippen LogP contribution in [-0.2, 0) is 4.74 Å². The minimum atomic E-state index is -0.327. The molecular formula is C22H21FN6O. The topological polar surface area (TPSA) is 90.9 Å². The Hall–Kier alpha value is -3.52. The largest absolute Gasteiger partial charge is 0.399 e. The van der Waals surface area contributed by atoms with Gasteiger partial charge in [0.25, 0.3) is 0 Å². The van der Waals surface area contributed by atoms with E-state index in [1.807, 2.05) is 28.8 Å². The maximum Gasteiger partial charge on any atom is 0.168 e. The van der Waals surface area contributed by atoms with Crippen LogP contribution in [0.1, 0.15) is 25.5 Å². The van der Waals surface area contributed by atoms with Crippen molar-refractivity contribution in [2.24, 2.45) is 0 Å². The van der Waals surface area contributed by atoms with E-state index >= 15 is 0 Å². The zero-order chi connectivity index (χ0) is 20.5. The molecule has 1 aliphatic heterocycles. The highest BCUT2D eigenvalue weighted by atomic mass is 19.1. The van der Waals surface area contributed by atoms with Crippen molar-refractivity contribution < 1.29 is 9.13 Å². The fraction of sp³-hybridized carbons (Fsp3) is 0.227. The van der Waals surface area contributed by atoms with E-state index in [1.165, 1.54) is 18.5 Å². The first-order valence-electron chi connectivity index (χ1n) is 9.92. The molecule has 1 fully saturated rings. The van der Waals surface area contributed by atoms with Gasteiger partial charge in [-0.3, -0.25) is 4.57 Å². The van der Waals surface area contributed by atoms with Crippen molar-refractivity contribution in [2.45, 2.75) is 25.5 Å². The van der Waals surface area contributed by atoms with Gasteiger partial charge in [0, 0.05) is 23.5 Å². The second-order valence-electron chi connectivity index (χ2n) is 7.28. The molecule has 30 heavy (non-hydrogen) atoms. The van der Waals surface area contributed by atoms with E-state index in [0.717, 1.165) is 24.8 Å². The summed E-state index contributed by atoms with van der Waals surface area (Å²) in [4.78, 5) is 13.7. The molecule has 3 N–H and O–H groups in total. The summed E-state index contributed by atoms with van der Waals surface area (Å²) in [5.74, 6) is 0.893. The van der Waals surface area contributed by atoms with Gasteiger partial charge in [-0.2, -0.15) is 0 Å². The van der Waals surface area contributed by atoms with Crippen LogP contribution in [0.15, 0.2) is 54.9 Å². The molecule has 3 heterocycles. The Kier molecular flexibility index (Phi) is 4.76. The van der Waals surface area contributed by atoms with Gasteiger partial charge in [0.15, 0.2) is 17.0 Å². The van der Waals surface area contributed by atoms with E-state index in [-0.39, 0.29) is 12.0 Å². The van der Waals surface area contributed by atoms with E-state index in [9.17, 15) is 4.39 Å². The molecule has 4 aromatic rings. The average molecular weight is 404 g/mol. The number of rotatable bonds is 4. The quantitative estimate of drug-likeness (QED) is 0.481. The van der Waals surface area contributed by atoms with E-state index in [0.29, 0.717) is 40.8 Å². The monoisotopic (exact) mass is 404 g/mol. The number of hydrogen-bond donors (Lipinski definition) is 2. The van der Waals surface area contributed by atoms with Gasteiger partial charge in [-0.25, -0.2) is 19.3 Å². The summed E-state index contributed by atoms with van der Waals surface area (Å²) in [5.41, 5.74) is 9.39. The predicted molar refractivity (Wildman–Crippen MR) is 114 cm³/mol. The molecule has 0 radical (unpaired) electrons. The second-order valence-corrected chi connectivity index (χ2v) is 7.28. The SMILES string of the molecule is Nc1cccc(-c2nc3c(Nc4cccc(F)c4)ncnc3n2C2CCCCO2)c1. The predicted octanol–water partition coefficient (Wildman–Crippen LogP) is 4.66. The average Bonchev–Trinajstić information content (AvgIpc) is 3.15. The number of anilines is 3. The van der Waals surface area contributed by atoms with Gasteiger partial charge in [-0.05, 0) is 49.6 Å². The molecule has 0 saturated carbocycles. The molecule has 8 heteroatoms. The third-order valence-electron chi connectivity index (χ3n) is 5.15. The fourth-order valence-electron chi connectivity index (χ4n) is 3.78. The summed E-state index contributed by atoms with van der Waals surface area (Å²) in [6.07, 6.45) is 4.29. The minimum absolute atomic E-state index is 0.169. The fourth-order valence-corrected chi connectivity index (χ4v) is 3.78. The normalized spacial score (nSPS) is 16.6. The lowest BCUT2D eigenvalue weighted by Gasteiger charge is -2.25. The summed E-state index contributed by atoms with van der Waals surface area (Å²) >= 11 is 0. The molecule has 0 amide bonds. The number of nitrogens with two attached hydrogens (primary N) is 1. The van der Waals surface area contributed by atoms with Crippen LogP contribution in [0, 0.1) is 5.82 Å². The van der Waals surface area contributed by atoms with Crippen molar-refractivity contribution in [1.29, 1.82) is 0 Å². The number of fused-ring (bicyclic) bond motifs is 1. The summed E-state index contributed by atoms with van der Waals surface area (Å²) < 4.78 is 21.7. The maximum absolute atomic E-state index is 13.6. The third-order valence-corrected chi connectivity index (χ3v) is 5.15. The number of ether oxygens (including phenoxy) is 1. The van der Waals surface area contributed by atoms with Crippen molar-refractivity contribution in [3.05, 3.63) is 60.7 Å². The standard InChI is InChI=1S/C22H21FN6O/c23-15-6-4-8-17(12-15)27-20-19-22(26-13-25-20)29(18-9-1-2-10-30-18)21(28-19)14-5-3-7-16(24)11-14/h3-8,11-13,18H,1-2,9-10,24H2,(H,25,26,27). The van der Waals surface area contributed by atoms with Crippen LogP contribution in [0.3, 0.4) is 0 Å². The molecule has 5 rings (SSSR count). The van der Waals surface area contributed by atoms with Crippen molar-refractivity contribution in [3.8, 4) is 11.4 Å². The number of nitrogens with one attached hydrogen (secondary N) is 1. The van der Waals surface area contributed by atoms with Crippen LogP contribution in [0.5, 0.6) is 0 Å². The lowest BCUT2D eigenvalue weighted by atomic mass is 10.1. The summed E-state index contributed by atoms with van der Waals surface area (Å²) in [6.45, 7) is 0.695. The van der Waals surface area contributed by atoms with Gasteiger partial charge in [0.1, 0.15) is 24.2 Å². The summed E-state index contributed by atoms with van der Waals surface area (Å²) in [6, 6.07) is 13.8. The molecule has 1 aliphatic rings. The Morgan fingerprint density at radius 2 is 2.00 bits per heavy atom. The maximum atomic E-state index is 13.6. The molecule has 152 valence electrons. The van der Waals surface area contributed by atoms with Gasteiger partial charge >= 0.3 is 0 Å². The van der Waals surface area contributed by atoms with E-state index in [1.54, 1.807) is 12.1 Å². The molecule has 2 aromatic heterocycles. The van der Waals surface area contributed by atoms with Crippen LogP contribution < -0.4 is 11.1 Å². The molecule has 2 aromatic carbocycles. The van der Waals surface area contributed by atoms with Gasteiger partial charge < -0.3 is 15.8 Å². The minimum Gasteiger partial charge on any atom is -0.399 e. The number of benzene rings is 2. The first kappa shape index (κ1) is 18.5. The summed E-state index contributed by atoms with van der Waals surface area (Å²) in [7, 11) is 0. The molecule has 1 unspecified atom stereocenters. The Morgan fingerprint density at radius 3 is 2.80 bits per heavy atom. The van der Waals surface area contributed by atoms with Gasteiger partial charge in [0.2, 0.25) is 0 Å². The van der Waals surface area contributed by atoms with Crippen molar-refractivity contribution >= 4 is 28.4 Å². The smallest absolute Gasteiger partial charge is 0.168 e. The van der Waals surface area contributed by atoms with Crippen LogP contribution in [0.2, 0.25) is 0 Å². The van der Waals surface area contributed by atoms with E-state index in [2.05, 4.69) is 15.3 Å². The summed E-state index contributed by atoms with van der Waals surface area (Å²) in [5, 5.41) is 3.16. The van der Waals surface area contributed by atoms with E-state index < -0.39 is 0 Å². The highest BCUT2D eigenvalue weighted by Gasteiger charge is 2.25. The molecule has 7 nitrogen and oxygen atoms in total. The van der Waals surface area contributed by atoms with Gasteiger partial charge in [-0.1, -0.05) is 18.2 Å². The third kappa shape index (κ3) is 3.46. The molecule has 1 saturated heterocycles. The number of nitrogens with zero attached hydrogens (tertiary/aromatic N) is 4. The first-order chi connectivity index (χ1) is 14.7. The van der Waals surface area contributed by atoms with Crippen molar-refractivity contribution in [2.75, 3.05) is 17.7 Å². The Morgan fingerprint density at radius 1 is 1.10 bits per heavy atom. The highest BCUT2D eigenvalue weighted by molar-refractivity contribution is 5.88. The molecule has 1 atom stereocenters. The number of hydrogen-bond acceptors (Lipinski definition) is 6. The van der Waals surface area contributed by atoms with Crippen LogP contribution >= 0.6 is 0 Å². The van der Waals surface area contributed by atoms with Crippen LogP contribution in [0.25, 0.3) is 22.6 Å². The lowest BCUT2D eigenvalue weighted by Crippen LogP contribution is -2.19. The first-order valence-corrected chi connectivity index (χ1v) is 9.92. The second kappa shape index (κ2) is 7.72. The van der Waals surface area contributed by atoms with Gasteiger partial charge in [-0.15, -0.1) is 0 Å². The van der Waals surface area contributed by atoms with Crippen LogP contribution in [-0.4, -0.2) is 26.1 Å². The van der Waals surface area contributed by atoms with Gasteiger partial charge in [0.05, 0.1) is 0 Å². The Balaban J connectivity index is 1.68. The molecule has 0 bridgehead atoms. The highest BCUT2D eigenvalue weighted by Crippen LogP contribution is 2.35. The zero-order valence-electron chi connectivity index (χ0n) is 16.3. The Bertz CT molecular complexity index is 1200. The number of halogens is 1. The zero-order valence-corrected chi connectivity index (χ0v) is 16.3.